The molecule has 7 aliphatic rings. The smallest absolute Gasteiger partial charge is 0.0297 e. The standard InChI is InChI=1S/C12H20.C9H16.C8H16/c1-12(2)10-4-8-3-9(6-10)7-11(12)5-8;1-9(2)6-7-3-4-8(9)5-7;1-8(2)6-4-3-5-7-8/h8-11H,3-7H2,1-2H3;7-8H,3-6H2,1-2H3;3-7H2,1-2H3. The Hall–Kier alpha value is 0. The Morgan fingerprint density at radius 2 is 1.03 bits per heavy atom. The van der Waals surface area contributed by atoms with Gasteiger partial charge in [-0.05, 0) is 116 Å². The summed E-state index contributed by atoms with van der Waals surface area (Å²) in [5.41, 5.74) is 2.09. The molecule has 0 radical (unpaired) electrons. The number of fused-ring (bicyclic) bond motifs is 2. The van der Waals surface area contributed by atoms with Crippen LogP contribution in [0.4, 0.5) is 0 Å². The molecule has 2 atom stereocenters. The van der Waals surface area contributed by atoms with Crippen LogP contribution < -0.4 is 0 Å². The van der Waals surface area contributed by atoms with Gasteiger partial charge in [0, 0.05) is 0 Å². The molecule has 0 aromatic rings. The molecule has 0 aliphatic heterocycles. The number of hydrogen-bond donors (Lipinski definition) is 0. The van der Waals surface area contributed by atoms with Crippen LogP contribution in [0.1, 0.15) is 131 Å². The fourth-order valence-corrected chi connectivity index (χ4v) is 8.79. The van der Waals surface area contributed by atoms with Crippen molar-refractivity contribution < 1.29 is 0 Å². The molecular weight excluding hydrogens is 348 g/mol. The molecule has 0 heterocycles. The zero-order valence-corrected chi connectivity index (χ0v) is 20.9. The lowest BCUT2D eigenvalue weighted by Gasteiger charge is -2.59. The Bertz CT molecular complexity index is 512. The fourth-order valence-electron chi connectivity index (χ4n) is 8.79. The highest BCUT2D eigenvalue weighted by atomic mass is 14.6. The first-order chi connectivity index (χ1) is 13.6. The SMILES string of the molecule is CC1(C)C2CC3CC(C2)CC1C3.CC1(C)CC2CCC1C2.CC1(C)CCCCC1. The number of hydrogen-bond acceptors (Lipinski definition) is 0. The van der Waals surface area contributed by atoms with Gasteiger partial charge in [0.2, 0.25) is 0 Å². The van der Waals surface area contributed by atoms with Gasteiger partial charge >= 0.3 is 0 Å². The van der Waals surface area contributed by atoms with Gasteiger partial charge in [-0.2, -0.15) is 0 Å². The van der Waals surface area contributed by atoms with Crippen molar-refractivity contribution in [2.24, 2.45) is 51.8 Å². The second kappa shape index (κ2) is 8.16. The summed E-state index contributed by atoms with van der Waals surface area (Å²) in [6, 6.07) is 0. The number of rotatable bonds is 0. The maximum atomic E-state index is 2.53. The molecule has 0 spiro atoms. The molecule has 2 unspecified atom stereocenters. The minimum atomic E-state index is 0.679. The van der Waals surface area contributed by atoms with Crippen LogP contribution in [0, 0.1) is 51.8 Å². The van der Waals surface area contributed by atoms with E-state index in [1.165, 1.54) is 51.4 Å². The zero-order chi connectivity index (χ0) is 20.9. The van der Waals surface area contributed by atoms with Gasteiger partial charge < -0.3 is 0 Å². The molecule has 7 saturated carbocycles. The van der Waals surface area contributed by atoms with E-state index >= 15 is 0 Å². The van der Waals surface area contributed by atoms with E-state index in [9.17, 15) is 0 Å². The largest absolute Gasteiger partial charge is 0.0599 e. The van der Waals surface area contributed by atoms with Crippen molar-refractivity contribution in [3.8, 4) is 0 Å². The molecule has 7 fully saturated rings. The Morgan fingerprint density at radius 1 is 0.517 bits per heavy atom. The molecule has 6 bridgehead atoms. The van der Waals surface area contributed by atoms with Gasteiger partial charge in [0.1, 0.15) is 0 Å². The van der Waals surface area contributed by atoms with Crippen LogP contribution in [0.3, 0.4) is 0 Å². The average molecular weight is 401 g/mol. The molecular formula is C29H52. The lowest BCUT2D eigenvalue weighted by molar-refractivity contribution is -0.0876. The van der Waals surface area contributed by atoms with Crippen molar-refractivity contribution in [2.45, 2.75) is 131 Å². The van der Waals surface area contributed by atoms with Gasteiger partial charge in [-0.1, -0.05) is 67.2 Å². The second-order valence-corrected chi connectivity index (χ2v) is 14.4. The summed E-state index contributed by atoms with van der Waals surface area (Å²) in [5.74, 6) is 6.66. The van der Waals surface area contributed by atoms with Crippen LogP contribution in [-0.2, 0) is 0 Å². The van der Waals surface area contributed by atoms with E-state index in [2.05, 4.69) is 41.5 Å². The predicted octanol–water partition coefficient (Wildman–Crippen LogP) is 9.28. The molecule has 0 aromatic carbocycles. The summed E-state index contributed by atoms with van der Waals surface area (Å²) in [6.07, 6.45) is 21.3. The molecule has 0 N–H and O–H groups in total. The highest BCUT2D eigenvalue weighted by Gasteiger charge is 2.52. The van der Waals surface area contributed by atoms with Gasteiger partial charge in [-0.25, -0.2) is 0 Å². The van der Waals surface area contributed by atoms with Crippen LogP contribution in [0.5, 0.6) is 0 Å². The highest BCUT2D eigenvalue weighted by molar-refractivity contribution is 5.02. The van der Waals surface area contributed by atoms with Gasteiger partial charge in [0.25, 0.3) is 0 Å². The summed E-state index contributed by atoms with van der Waals surface area (Å²) in [4.78, 5) is 0. The van der Waals surface area contributed by atoms with Gasteiger partial charge in [0.15, 0.2) is 0 Å². The van der Waals surface area contributed by atoms with Crippen molar-refractivity contribution in [2.75, 3.05) is 0 Å². The maximum Gasteiger partial charge on any atom is -0.0297 e. The van der Waals surface area contributed by atoms with E-state index in [1.807, 2.05) is 0 Å². The maximum absolute atomic E-state index is 2.53. The summed E-state index contributed by atoms with van der Waals surface area (Å²) < 4.78 is 0. The summed E-state index contributed by atoms with van der Waals surface area (Å²) in [6.45, 7) is 14.7. The van der Waals surface area contributed by atoms with Crippen LogP contribution in [0.25, 0.3) is 0 Å². The van der Waals surface area contributed by atoms with E-state index in [0.717, 1.165) is 35.5 Å². The summed E-state index contributed by atoms with van der Waals surface area (Å²) >= 11 is 0. The third-order valence-electron chi connectivity index (χ3n) is 10.9. The van der Waals surface area contributed by atoms with Crippen molar-refractivity contribution in [3.63, 3.8) is 0 Å². The first-order valence-corrected chi connectivity index (χ1v) is 13.6. The Balaban J connectivity index is 0.000000109. The molecule has 0 nitrogen and oxygen atoms in total. The van der Waals surface area contributed by atoms with E-state index in [0.29, 0.717) is 16.2 Å². The monoisotopic (exact) mass is 400 g/mol. The average Bonchev–Trinajstić information content (AvgIpc) is 3.20. The first kappa shape index (κ1) is 22.2. The van der Waals surface area contributed by atoms with Crippen LogP contribution in [0.2, 0.25) is 0 Å². The Morgan fingerprint density at radius 3 is 1.34 bits per heavy atom. The third-order valence-corrected chi connectivity index (χ3v) is 10.9. The molecule has 0 heteroatoms. The van der Waals surface area contributed by atoms with Crippen molar-refractivity contribution >= 4 is 0 Å². The molecule has 7 aliphatic carbocycles. The quantitative estimate of drug-likeness (QED) is 0.380. The first-order valence-electron chi connectivity index (χ1n) is 13.6. The third kappa shape index (κ3) is 4.92. The van der Waals surface area contributed by atoms with Crippen molar-refractivity contribution in [1.82, 2.24) is 0 Å². The molecule has 0 saturated heterocycles. The Labute approximate surface area is 183 Å². The lowest BCUT2D eigenvalue weighted by atomic mass is 9.46. The van der Waals surface area contributed by atoms with Crippen molar-refractivity contribution in [3.05, 3.63) is 0 Å². The lowest BCUT2D eigenvalue weighted by Crippen LogP contribution is -2.49. The molecule has 0 amide bonds. The highest BCUT2D eigenvalue weighted by Crippen LogP contribution is 2.61. The van der Waals surface area contributed by atoms with Crippen LogP contribution in [-0.4, -0.2) is 0 Å². The van der Waals surface area contributed by atoms with Gasteiger partial charge in [0.05, 0.1) is 0 Å². The molecule has 168 valence electrons. The van der Waals surface area contributed by atoms with E-state index in [1.54, 1.807) is 38.5 Å². The molecule has 0 aromatic heterocycles. The van der Waals surface area contributed by atoms with Gasteiger partial charge in [-0.3, -0.25) is 0 Å². The van der Waals surface area contributed by atoms with E-state index in [-0.39, 0.29) is 0 Å². The molecule has 29 heavy (non-hydrogen) atoms. The Kier molecular flexibility index (Phi) is 6.25. The van der Waals surface area contributed by atoms with Crippen LogP contribution in [0.15, 0.2) is 0 Å². The zero-order valence-electron chi connectivity index (χ0n) is 20.9. The minimum Gasteiger partial charge on any atom is -0.0599 e. The van der Waals surface area contributed by atoms with Crippen LogP contribution >= 0.6 is 0 Å². The molecule has 7 rings (SSSR count). The normalized spacial score (nSPS) is 44.5. The second-order valence-electron chi connectivity index (χ2n) is 14.4. The van der Waals surface area contributed by atoms with E-state index < -0.39 is 0 Å². The minimum absolute atomic E-state index is 0.679. The predicted molar refractivity (Wildman–Crippen MR) is 127 cm³/mol. The topological polar surface area (TPSA) is 0 Å². The fraction of sp³-hybridized carbons (Fsp3) is 1.00. The van der Waals surface area contributed by atoms with Crippen molar-refractivity contribution in [1.29, 1.82) is 0 Å². The summed E-state index contributed by atoms with van der Waals surface area (Å²) in [7, 11) is 0. The summed E-state index contributed by atoms with van der Waals surface area (Å²) in [5, 5.41) is 0. The van der Waals surface area contributed by atoms with Gasteiger partial charge in [-0.15, -0.1) is 0 Å². The van der Waals surface area contributed by atoms with E-state index in [4.69, 9.17) is 0 Å².